The average Bonchev–Trinajstić information content (AvgIpc) is 3.37. The van der Waals surface area contributed by atoms with Crippen LogP contribution >= 0.6 is 0 Å². The van der Waals surface area contributed by atoms with Crippen molar-refractivity contribution in [1.29, 1.82) is 0 Å². The summed E-state index contributed by atoms with van der Waals surface area (Å²) in [4.78, 5) is 45.3. The maximum atomic E-state index is 13.9. The molecule has 0 spiro atoms. The second-order valence-electron chi connectivity index (χ2n) is 13.2. The molecule has 10 nitrogen and oxygen atoms in total. The summed E-state index contributed by atoms with van der Waals surface area (Å²) in [6.07, 6.45) is 8.84. The number of carbonyl (C=O) groups is 3. The van der Waals surface area contributed by atoms with Crippen LogP contribution in [0.25, 0.3) is 0 Å². The first kappa shape index (κ1) is 36.9. The zero-order valence-corrected chi connectivity index (χ0v) is 29.0. The highest BCUT2D eigenvalue weighted by molar-refractivity contribution is 6.32. The molecule has 0 saturated carbocycles. The number of halogens is 1. The lowest BCUT2D eigenvalue weighted by Gasteiger charge is -2.22. The van der Waals surface area contributed by atoms with Gasteiger partial charge in [-0.15, -0.1) is 0 Å². The van der Waals surface area contributed by atoms with E-state index in [1.54, 1.807) is 19.1 Å². The van der Waals surface area contributed by atoms with Crippen LogP contribution in [0.3, 0.4) is 0 Å². The largest absolute Gasteiger partial charge is 0.507 e. The molecule has 1 aliphatic carbocycles. The van der Waals surface area contributed by atoms with Crippen LogP contribution in [0.15, 0.2) is 52.9 Å². The Morgan fingerprint density at radius 3 is 2.37 bits per heavy atom. The van der Waals surface area contributed by atoms with Gasteiger partial charge in [-0.1, -0.05) is 47.1 Å². The van der Waals surface area contributed by atoms with Crippen LogP contribution in [-0.4, -0.2) is 44.8 Å². The molecule has 0 saturated heterocycles. The third-order valence-electron chi connectivity index (χ3n) is 9.26. The number of ether oxygens (including phenoxy) is 2. The Kier molecular flexibility index (Phi) is 11.7. The topological polar surface area (TPSA) is 155 Å². The molecule has 2 aliphatic rings. The number of hydrogen-bond acceptors (Lipinski definition) is 9. The minimum Gasteiger partial charge on any atom is -0.507 e. The molecule has 11 heteroatoms. The van der Waals surface area contributed by atoms with Crippen molar-refractivity contribution >= 4 is 28.9 Å². The number of aromatic hydroxyl groups is 3. The molecule has 0 unspecified atom stereocenters. The molecule has 1 aliphatic heterocycles. The highest BCUT2D eigenvalue weighted by atomic mass is 19.1. The number of rotatable bonds is 13. The van der Waals surface area contributed by atoms with E-state index in [9.17, 15) is 34.1 Å². The van der Waals surface area contributed by atoms with Gasteiger partial charge in [0.2, 0.25) is 11.6 Å². The number of phenols is 3. The van der Waals surface area contributed by atoms with Crippen LogP contribution in [0.1, 0.15) is 105 Å². The summed E-state index contributed by atoms with van der Waals surface area (Å²) in [5, 5.41) is 34.9. The number of amides is 1. The number of Topliss-reactive ketones (excluding diaryl/α,β-unsaturated/α-hetero) is 2. The van der Waals surface area contributed by atoms with Crippen LogP contribution in [0.4, 0.5) is 10.1 Å². The summed E-state index contributed by atoms with van der Waals surface area (Å²) in [6.45, 7) is 13.7. The molecule has 262 valence electrons. The lowest BCUT2D eigenvalue weighted by atomic mass is 9.84. The average molecular weight is 677 g/mol. The zero-order chi connectivity index (χ0) is 36.2. The van der Waals surface area contributed by atoms with Gasteiger partial charge < -0.3 is 30.1 Å². The third kappa shape index (κ3) is 8.04. The van der Waals surface area contributed by atoms with Crippen LogP contribution in [-0.2, 0) is 9.53 Å². The molecular weight excluding hydrogens is 631 g/mol. The number of ketones is 2. The van der Waals surface area contributed by atoms with Crippen LogP contribution in [0, 0.1) is 30.5 Å². The maximum Gasteiger partial charge on any atom is 0.304 e. The zero-order valence-electron chi connectivity index (χ0n) is 29.0. The summed E-state index contributed by atoms with van der Waals surface area (Å²) in [6, 6.07) is 1.47. The quantitative estimate of drug-likeness (QED) is 0.124. The number of fused-ring (bicyclic) bond motifs is 3. The van der Waals surface area contributed by atoms with Crippen molar-refractivity contribution < 1.29 is 43.6 Å². The number of allylic oxidation sites excluding steroid dienone is 4. The van der Waals surface area contributed by atoms with Crippen molar-refractivity contribution in [2.24, 2.45) is 22.7 Å². The first-order chi connectivity index (χ1) is 23.2. The number of nitrogens with one attached hydrogen (secondary N) is 1. The standard InChI is InChI=1S/C38H45FN2O8/c1-8-20(4)12-11-14-22(6)37(47)41-26-18-25(40-32-27(42)16-24(39)17-28(32)43)29-30(34(26)45)33(44)23(7)36-31(29)35(46)38(49-36)48-15-10-9-13-21(5)19(2)3/h10,14-21,38,42-44H,8-9,11-13H2,1-7H3,(H,41,47)/b15-10+,22-14-,40-25?/t20-,21-,38+/m1/s1. The maximum absolute atomic E-state index is 13.9. The van der Waals surface area contributed by atoms with Gasteiger partial charge in [0.25, 0.3) is 5.91 Å². The fraction of sp³-hybridized carbons (Fsp3) is 0.421. The van der Waals surface area contributed by atoms with Crippen LogP contribution in [0.2, 0.25) is 0 Å². The van der Waals surface area contributed by atoms with Gasteiger partial charge in [0, 0.05) is 28.8 Å². The van der Waals surface area contributed by atoms with Gasteiger partial charge >= 0.3 is 6.29 Å². The molecule has 49 heavy (non-hydrogen) atoms. The van der Waals surface area contributed by atoms with Crippen molar-refractivity contribution in [3.8, 4) is 23.0 Å². The number of hydrogen-bond donors (Lipinski definition) is 4. The van der Waals surface area contributed by atoms with E-state index in [-0.39, 0.29) is 39.4 Å². The van der Waals surface area contributed by atoms with Gasteiger partial charge in [0.15, 0.2) is 0 Å². The minimum absolute atomic E-state index is 0.0397. The second kappa shape index (κ2) is 15.5. The van der Waals surface area contributed by atoms with E-state index in [1.807, 2.05) is 0 Å². The Morgan fingerprint density at radius 2 is 1.73 bits per heavy atom. The predicted octanol–water partition coefficient (Wildman–Crippen LogP) is 7.84. The second-order valence-corrected chi connectivity index (χ2v) is 13.2. The van der Waals surface area contributed by atoms with Crippen molar-refractivity contribution in [3.05, 3.63) is 76.0 Å². The lowest BCUT2D eigenvalue weighted by Crippen LogP contribution is -2.33. The predicted molar refractivity (Wildman–Crippen MR) is 184 cm³/mol. The number of aliphatic imine (C=N–C) groups is 1. The monoisotopic (exact) mass is 676 g/mol. The number of nitrogens with zero attached hydrogens (tertiary/aromatic N) is 1. The molecule has 0 radical (unpaired) electrons. The van der Waals surface area contributed by atoms with Gasteiger partial charge in [-0.2, -0.15) is 0 Å². The Hall–Kier alpha value is -4.93. The van der Waals surface area contributed by atoms with Gasteiger partial charge in [-0.3, -0.25) is 14.4 Å². The first-order valence-corrected chi connectivity index (χ1v) is 16.6. The fourth-order valence-corrected chi connectivity index (χ4v) is 5.45. The van der Waals surface area contributed by atoms with Gasteiger partial charge in [0.05, 0.1) is 28.8 Å². The SMILES string of the molecule is CC[C@@H](C)CC/C=C(/C)C(=O)NC1=CC(=Nc2c(O)cc(F)cc2O)c2c(c(O)c(C)c3c2C(=O)[C@@H](O/C=C/CC[C@@H](C)C(C)C)O3)C1=O. The molecule has 0 aromatic heterocycles. The van der Waals surface area contributed by atoms with E-state index in [0.717, 1.165) is 31.4 Å². The summed E-state index contributed by atoms with van der Waals surface area (Å²) in [7, 11) is 0. The molecular formula is C38H45FN2O8. The van der Waals surface area contributed by atoms with Gasteiger partial charge in [-0.25, -0.2) is 9.38 Å². The Bertz CT molecular complexity index is 1750. The smallest absolute Gasteiger partial charge is 0.304 e. The highest BCUT2D eigenvalue weighted by Crippen LogP contribution is 2.46. The summed E-state index contributed by atoms with van der Waals surface area (Å²) in [5.41, 5.74) is -1.11. The molecule has 0 fully saturated rings. The van der Waals surface area contributed by atoms with E-state index in [1.165, 1.54) is 19.3 Å². The summed E-state index contributed by atoms with van der Waals surface area (Å²) in [5.74, 6) is -3.50. The molecule has 1 heterocycles. The molecule has 3 atom stereocenters. The van der Waals surface area contributed by atoms with Crippen LogP contribution in [0.5, 0.6) is 23.0 Å². The van der Waals surface area contributed by atoms with Crippen molar-refractivity contribution in [2.75, 3.05) is 0 Å². The summed E-state index contributed by atoms with van der Waals surface area (Å²) >= 11 is 0. The number of phenolic OH excluding ortho intramolecular Hbond substituents is 3. The van der Waals surface area contributed by atoms with E-state index < -0.39 is 52.5 Å². The molecule has 2 aromatic rings. The van der Waals surface area contributed by atoms with E-state index >= 15 is 0 Å². The normalized spacial score (nSPS) is 18.0. The van der Waals surface area contributed by atoms with Crippen molar-refractivity contribution in [1.82, 2.24) is 5.32 Å². The third-order valence-corrected chi connectivity index (χ3v) is 9.26. The molecule has 4 N–H and O–H groups in total. The van der Waals surface area contributed by atoms with Crippen molar-refractivity contribution in [3.63, 3.8) is 0 Å². The first-order valence-electron chi connectivity index (χ1n) is 16.6. The highest BCUT2D eigenvalue weighted by Gasteiger charge is 2.44. The number of benzene rings is 2. The van der Waals surface area contributed by atoms with Crippen molar-refractivity contribution in [2.45, 2.75) is 86.9 Å². The van der Waals surface area contributed by atoms with E-state index in [0.29, 0.717) is 36.2 Å². The minimum atomic E-state index is -1.43. The van der Waals surface area contributed by atoms with Gasteiger partial charge in [-0.05, 0) is 69.4 Å². The summed E-state index contributed by atoms with van der Waals surface area (Å²) < 4.78 is 25.4. The Balaban J connectivity index is 1.77. The Morgan fingerprint density at radius 1 is 1.06 bits per heavy atom. The molecule has 1 amide bonds. The van der Waals surface area contributed by atoms with E-state index in [2.05, 4.69) is 44.9 Å². The molecule has 0 bridgehead atoms. The molecule has 2 aromatic carbocycles. The molecule has 4 rings (SSSR count). The van der Waals surface area contributed by atoms with Crippen LogP contribution < -0.4 is 10.1 Å². The lowest BCUT2D eigenvalue weighted by molar-refractivity contribution is -0.116. The van der Waals surface area contributed by atoms with E-state index in [4.69, 9.17) is 9.47 Å². The van der Waals surface area contributed by atoms with Gasteiger partial charge in [0.1, 0.15) is 34.5 Å². The Labute approximate surface area is 286 Å². The fourth-order valence-electron chi connectivity index (χ4n) is 5.45. The number of carbonyl (C=O) groups excluding carboxylic acids is 3.